The lowest BCUT2D eigenvalue weighted by Gasteiger charge is -2.12. The Morgan fingerprint density at radius 3 is 2.78 bits per heavy atom. The average Bonchev–Trinajstić information content (AvgIpc) is 2.78. The molecule has 0 saturated carbocycles. The second-order valence-corrected chi connectivity index (χ2v) is 4.40. The lowest BCUT2D eigenvalue weighted by atomic mass is 10.0. The van der Waals surface area contributed by atoms with Crippen molar-refractivity contribution in [3.05, 3.63) is 11.9 Å². The molecule has 2 N–H and O–H groups in total. The number of carbonyl (C=O) groups excluding carboxylic acids is 1. The van der Waals surface area contributed by atoms with E-state index in [-0.39, 0.29) is 5.78 Å². The second kappa shape index (κ2) is 7.16. The molecule has 0 saturated heterocycles. The fourth-order valence-electron chi connectivity index (χ4n) is 1.88. The summed E-state index contributed by atoms with van der Waals surface area (Å²) in [6, 6.07) is -0.467. The summed E-state index contributed by atoms with van der Waals surface area (Å²) < 4.78 is 6.88. The predicted molar refractivity (Wildman–Crippen MR) is 70.9 cm³/mol. The number of nitrogens with zero attached hydrogens (tertiary/aromatic N) is 2. The molecule has 1 aromatic rings. The summed E-state index contributed by atoms with van der Waals surface area (Å²) in [6.45, 7) is 4.82. The highest BCUT2D eigenvalue weighted by Crippen LogP contribution is 2.20. The van der Waals surface area contributed by atoms with Crippen molar-refractivity contribution in [1.82, 2.24) is 9.78 Å². The Bertz CT molecular complexity index is 388. The molecule has 1 unspecified atom stereocenters. The number of methoxy groups -OCH3 is 1. The molecule has 0 radical (unpaired) electrons. The van der Waals surface area contributed by atoms with Gasteiger partial charge in [0.25, 0.3) is 0 Å². The van der Waals surface area contributed by atoms with Crippen molar-refractivity contribution in [3.8, 4) is 5.75 Å². The summed E-state index contributed by atoms with van der Waals surface area (Å²) in [6.07, 6.45) is 5.18. The van der Waals surface area contributed by atoms with E-state index in [2.05, 4.69) is 12.0 Å². The van der Waals surface area contributed by atoms with Crippen LogP contribution in [-0.2, 0) is 6.54 Å². The summed E-state index contributed by atoms with van der Waals surface area (Å²) in [5.41, 5.74) is 6.44. The molecule has 18 heavy (non-hydrogen) atoms. The number of ketones is 1. The van der Waals surface area contributed by atoms with Crippen molar-refractivity contribution in [2.45, 2.75) is 52.1 Å². The molecule has 0 bridgehead atoms. The van der Waals surface area contributed by atoms with E-state index in [1.807, 2.05) is 6.92 Å². The van der Waals surface area contributed by atoms with Crippen LogP contribution in [0, 0.1) is 0 Å². The SMILES string of the molecule is CCCCC(N)C(=O)c1c(OC)cnn1CCC. The van der Waals surface area contributed by atoms with E-state index in [1.165, 1.54) is 0 Å². The van der Waals surface area contributed by atoms with Gasteiger partial charge in [-0.25, -0.2) is 0 Å². The van der Waals surface area contributed by atoms with E-state index in [0.717, 1.165) is 19.3 Å². The molecule has 0 aromatic carbocycles. The predicted octanol–water partition coefficient (Wildman–Crippen LogP) is 2.00. The third-order valence-corrected chi connectivity index (χ3v) is 2.90. The van der Waals surface area contributed by atoms with Gasteiger partial charge < -0.3 is 10.5 Å². The van der Waals surface area contributed by atoms with Gasteiger partial charge in [-0.1, -0.05) is 26.7 Å². The quantitative estimate of drug-likeness (QED) is 0.719. The van der Waals surface area contributed by atoms with Crippen molar-refractivity contribution in [2.75, 3.05) is 7.11 Å². The molecule has 0 aliphatic heterocycles. The number of unbranched alkanes of at least 4 members (excludes halogenated alkanes) is 1. The van der Waals surface area contributed by atoms with Crippen LogP contribution >= 0.6 is 0 Å². The zero-order chi connectivity index (χ0) is 13.5. The second-order valence-electron chi connectivity index (χ2n) is 4.40. The lowest BCUT2D eigenvalue weighted by molar-refractivity contribution is 0.0942. The normalized spacial score (nSPS) is 12.4. The topological polar surface area (TPSA) is 70.1 Å². The van der Waals surface area contributed by atoms with Gasteiger partial charge in [-0.3, -0.25) is 9.48 Å². The molecule has 1 rings (SSSR count). The maximum atomic E-state index is 12.3. The molecule has 5 heteroatoms. The van der Waals surface area contributed by atoms with E-state index >= 15 is 0 Å². The van der Waals surface area contributed by atoms with Crippen LogP contribution in [0.2, 0.25) is 0 Å². The van der Waals surface area contributed by atoms with Gasteiger partial charge in [-0.05, 0) is 12.8 Å². The van der Waals surface area contributed by atoms with Gasteiger partial charge in [0, 0.05) is 6.54 Å². The van der Waals surface area contributed by atoms with Crippen LogP contribution in [0.25, 0.3) is 0 Å². The standard InChI is InChI=1S/C13H23N3O2/c1-4-6-7-10(14)13(17)12-11(18-3)9-15-16(12)8-5-2/h9-10H,4-8,14H2,1-3H3. The van der Waals surface area contributed by atoms with Crippen LogP contribution in [0.15, 0.2) is 6.20 Å². The number of aromatic nitrogens is 2. The molecule has 5 nitrogen and oxygen atoms in total. The van der Waals surface area contributed by atoms with E-state index < -0.39 is 6.04 Å². The number of ether oxygens (including phenoxy) is 1. The van der Waals surface area contributed by atoms with E-state index in [1.54, 1.807) is 18.0 Å². The van der Waals surface area contributed by atoms with Crippen molar-refractivity contribution >= 4 is 5.78 Å². The lowest BCUT2D eigenvalue weighted by Crippen LogP contribution is -2.32. The van der Waals surface area contributed by atoms with Gasteiger partial charge in [-0.2, -0.15) is 5.10 Å². The molecular formula is C13H23N3O2. The number of hydrogen-bond acceptors (Lipinski definition) is 4. The zero-order valence-corrected chi connectivity index (χ0v) is 11.5. The van der Waals surface area contributed by atoms with Gasteiger partial charge >= 0.3 is 0 Å². The molecular weight excluding hydrogens is 230 g/mol. The molecule has 0 aliphatic carbocycles. The van der Waals surface area contributed by atoms with E-state index in [0.29, 0.717) is 24.4 Å². The monoisotopic (exact) mass is 253 g/mol. The first-order valence-electron chi connectivity index (χ1n) is 6.55. The molecule has 0 amide bonds. The maximum Gasteiger partial charge on any atom is 0.201 e. The number of rotatable bonds is 8. The van der Waals surface area contributed by atoms with Gasteiger partial charge in [0.15, 0.2) is 5.75 Å². The summed E-state index contributed by atoms with van der Waals surface area (Å²) in [5, 5.41) is 4.18. The van der Waals surface area contributed by atoms with Crippen LogP contribution in [0.5, 0.6) is 5.75 Å². The summed E-state index contributed by atoms with van der Waals surface area (Å²) in [7, 11) is 1.54. The highest BCUT2D eigenvalue weighted by molar-refractivity contribution is 6.00. The van der Waals surface area contributed by atoms with Crippen molar-refractivity contribution < 1.29 is 9.53 Å². The van der Waals surface area contributed by atoms with Crippen molar-refractivity contribution in [1.29, 1.82) is 0 Å². The molecule has 1 heterocycles. The van der Waals surface area contributed by atoms with Crippen molar-refractivity contribution in [2.24, 2.45) is 5.73 Å². The van der Waals surface area contributed by atoms with Gasteiger partial charge in [-0.15, -0.1) is 0 Å². The minimum absolute atomic E-state index is 0.0775. The first-order chi connectivity index (χ1) is 8.65. The van der Waals surface area contributed by atoms with Gasteiger partial charge in [0.2, 0.25) is 5.78 Å². The van der Waals surface area contributed by atoms with Crippen molar-refractivity contribution in [3.63, 3.8) is 0 Å². The fourth-order valence-corrected chi connectivity index (χ4v) is 1.88. The molecule has 0 aliphatic rings. The maximum absolute atomic E-state index is 12.3. The third kappa shape index (κ3) is 3.32. The minimum Gasteiger partial charge on any atom is -0.493 e. The number of aryl methyl sites for hydroxylation is 1. The summed E-state index contributed by atoms with van der Waals surface area (Å²) in [5.74, 6) is 0.437. The molecule has 1 aromatic heterocycles. The van der Waals surface area contributed by atoms with Gasteiger partial charge in [0.1, 0.15) is 5.69 Å². The summed E-state index contributed by atoms with van der Waals surface area (Å²) >= 11 is 0. The van der Waals surface area contributed by atoms with Crippen LogP contribution < -0.4 is 10.5 Å². The van der Waals surface area contributed by atoms with Crippen LogP contribution in [0.3, 0.4) is 0 Å². The minimum atomic E-state index is -0.467. The number of Topliss-reactive ketones (excluding diaryl/α,β-unsaturated/α-hetero) is 1. The zero-order valence-electron chi connectivity index (χ0n) is 11.5. The van der Waals surface area contributed by atoms with E-state index in [4.69, 9.17) is 10.5 Å². The molecule has 0 fully saturated rings. The van der Waals surface area contributed by atoms with Crippen LogP contribution in [0.4, 0.5) is 0 Å². The molecule has 1 atom stereocenters. The van der Waals surface area contributed by atoms with Crippen LogP contribution in [0.1, 0.15) is 50.0 Å². The van der Waals surface area contributed by atoms with Gasteiger partial charge in [0.05, 0.1) is 19.3 Å². The highest BCUT2D eigenvalue weighted by atomic mass is 16.5. The molecule has 0 spiro atoms. The third-order valence-electron chi connectivity index (χ3n) is 2.90. The van der Waals surface area contributed by atoms with E-state index in [9.17, 15) is 4.79 Å². The Kier molecular flexibility index (Phi) is 5.85. The first-order valence-corrected chi connectivity index (χ1v) is 6.55. The average molecular weight is 253 g/mol. The Morgan fingerprint density at radius 1 is 1.50 bits per heavy atom. The Labute approximate surface area is 108 Å². The number of hydrogen-bond donors (Lipinski definition) is 1. The fraction of sp³-hybridized carbons (Fsp3) is 0.692. The number of nitrogens with two attached hydrogens (primary N) is 1. The Hall–Kier alpha value is -1.36. The Balaban J connectivity index is 2.91. The number of carbonyl (C=O) groups is 1. The largest absolute Gasteiger partial charge is 0.493 e. The highest BCUT2D eigenvalue weighted by Gasteiger charge is 2.24. The Morgan fingerprint density at radius 2 is 2.22 bits per heavy atom. The first kappa shape index (κ1) is 14.7. The summed E-state index contributed by atoms with van der Waals surface area (Å²) in [4.78, 5) is 12.3. The van der Waals surface area contributed by atoms with Crippen LogP contribution in [-0.4, -0.2) is 28.7 Å². The smallest absolute Gasteiger partial charge is 0.201 e. The molecule has 102 valence electrons.